The Morgan fingerprint density at radius 3 is 2.39 bits per heavy atom. The minimum atomic E-state index is -0.926. The van der Waals surface area contributed by atoms with Gasteiger partial charge in [-0.2, -0.15) is 0 Å². The van der Waals surface area contributed by atoms with Crippen molar-refractivity contribution in [3.8, 4) is 5.75 Å². The number of fused-ring (bicyclic) bond motifs is 1. The highest BCUT2D eigenvalue weighted by Gasteiger charge is 2.41. The first-order valence-corrected chi connectivity index (χ1v) is 11.1. The van der Waals surface area contributed by atoms with Crippen LogP contribution in [0.5, 0.6) is 5.75 Å². The van der Waals surface area contributed by atoms with E-state index in [1.165, 1.54) is 6.92 Å². The number of benzene rings is 2. The Morgan fingerprint density at radius 2 is 1.81 bits per heavy atom. The minimum absolute atomic E-state index is 0.196. The molecule has 6 nitrogen and oxygen atoms in total. The van der Waals surface area contributed by atoms with Gasteiger partial charge in [0.25, 0.3) is 5.91 Å². The molecule has 1 heterocycles. The van der Waals surface area contributed by atoms with Gasteiger partial charge in [0.1, 0.15) is 5.75 Å². The van der Waals surface area contributed by atoms with Crippen molar-refractivity contribution < 1.29 is 19.1 Å². The zero-order valence-electron chi connectivity index (χ0n) is 19.0. The van der Waals surface area contributed by atoms with E-state index in [0.717, 1.165) is 33.0 Å². The average molecular weight is 443 g/mol. The molecule has 0 unspecified atom stereocenters. The van der Waals surface area contributed by atoms with Crippen LogP contribution in [0.25, 0.3) is 0 Å². The number of thioether (sulfide) groups is 1. The van der Waals surface area contributed by atoms with E-state index in [4.69, 9.17) is 9.47 Å². The lowest BCUT2D eigenvalue weighted by atomic mass is 10.0. The van der Waals surface area contributed by atoms with Gasteiger partial charge in [0.15, 0.2) is 6.10 Å². The SMILES string of the molecule is COc1ccc([C@H]2Sc3ccc(C)c(C)c3N(CCN(C)C)C(=O)[C@H]2OC(C)=O)cc1. The van der Waals surface area contributed by atoms with Crippen LogP contribution in [0.15, 0.2) is 41.3 Å². The van der Waals surface area contributed by atoms with Gasteiger partial charge in [-0.25, -0.2) is 0 Å². The number of hydrogen-bond acceptors (Lipinski definition) is 6. The van der Waals surface area contributed by atoms with Gasteiger partial charge in [0.05, 0.1) is 18.0 Å². The Hall–Kier alpha value is -2.51. The van der Waals surface area contributed by atoms with Gasteiger partial charge >= 0.3 is 5.97 Å². The molecule has 7 heteroatoms. The number of methoxy groups -OCH3 is 1. The average Bonchev–Trinajstić information content (AvgIpc) is 2.84. The highest BCUT2D eigenvalue weighted by atomic mass is 32.2. The van der Waals surface area contributed by atoms with Gasteiger partial charge in [-0.1, -0.05) is 18.2 Å². The summed E-state index contributed by atoms with van der Waals surface area (Å²) in [5, 5.41) is -0.368. The first-order valence-electron chi connectivity index (χ1n) is 10.3. The van der Waals surface area contributed by atoms with Crippen LogP contribution in [0.3, 0.4) is 0 Å². The van der Waals surface area contributed by atoms with Crippen LogP contribution in [-0.4, -0.2) is 57.2 Å². The Balaban J connectivity index is 2.14. The molecule has 0 N–H and O–H groups in total. The second-order valence-corrected chi connectivity index (χ2v) is 9.17. The number of nitrogens with zero attached hydrogens (tertiary/aromatic N) is 2. The molecule has 2 aromatic carbocycles. The molecule has 0 aliphatic carbocycles. The number of carbonyl (C=O) groups excluding carboxylic acids is 2. The highest BCUT2D eigenvalue weighted by Crippen LogP contribution is 2.48. The molecule has 1 amide bonds. The zero-order valence-corrected chi connectivity index (χ0v) is 19.8. The predicted molar refractivity (Wildman–Crippen MR) is 124 cm³/mol. The fourth-order valence-corrected chi connectivity index (χ4v) is 5.03. The molecule has 31 heavy (non-hydrogen) atoms. The summed E-state index contributed by atoms with van der Waals surface area (Å²) in [5.41, 5.74) is 4.00. The number of amides is 1. The quantitative estimate of drug-likeness (QED) is 0.631. The number of carbonyl (C=O) groups is 2. The van der Waals surface area contributed by atoms with Gasteiger partial charge in [0.2, 0.25) is 0 Å². The largest absolute Gasteiger partial charge is 0.497 e. The topological polar surface area (TPSA) is 59.1 Å². The normalized spacial score (nSPS) is 18.5. The molecule has 0 fully saturated rings. The van der Waals surface area contributed by atoms with Crippen LogP contribution < -0.4 is 9.64 Å². The first-order chi connectivity index (χ1) is 14.7. The van der Waals surface area contributed by atoms with Gasteiger partial charge < -0.3 is 19.3 Å². The van der Waals surface area contributed by atoms with Crippen molar-refractivity contribution in [2.24, 2.45) is 0 Å². The summed E-state index contributed by atoms with van der Waals surface area (Å²) in [5.74, 6) is 0.0684. The van der Waals surface area contributed by atoms with Gasteiger partial charge in [-0.15, -0.1) is 11.8 Å². The van der Waals surface area contributed by atoms with Crippen molar-refractivity contribution >= 4 is 29.3 Å². The minimum Gasteiger partial charge on any atom is -0.497 e. The number of likely N-dealkylation sites (N-methyl/N-ethyl adjacent to an activating group) is 1. The second kappa shape index (κ2) is 9.75. The Morgan fingerprint density at radius 1 is 1.13 bits per heavy atom. The highest BCUT2D eigenvalue weighted by molar-refractivity contribution is 7.99. The molecule has 0 spiro atoms. The maximum absolute atomic E-state index is 13.8. The molecule has 166 valence electrons. The standard InChI is InChI=1S/C24H30N2O4S/c1-15-7-12-20-21(16(15)2)26(14-13-25(4)5)24(28)22(30-17(3)27)23(31-20)18-8-10-19(29-6)11-9-18/h7-12,22-23H,13-14H2,1-6H3/t22-,23+/m0/s1. The van der Waals surface area contributed by atoms with Crippen molar-refractivity contribution in [3.05, 3.63) is 53.1 Å². The first kappa shape index (κ1) is 23.2. The molecule has 0 bridgehead atoms. The lowest BCUT2D eigenvalue weighted by Crippen LogP contribution is -2.45. The Labute approximate surface area is 188 Å². The maximum Gasteiger partial charge on any atom is 0.303 e. The third-order valence-electron chi connectivity index (χ3n) is 5.48. The summed E-state index contributed by atoms with van der Waals surface area (Å²) >= 11 is 1.56. The third-order valence-corrected chi connectivity index (χ3v) is 6.84. The number of hydrogen-bond donors (Lipinski definition) is 0. The molecular weight excluding hydrogens is 412 g/mol. The summed E-state index contributed by atoms with van der Waals surface area (Å²) < 4.78 is 10.9. The van der Waals surface area contributed by atoms with Gasteiger partial charge in [0, 0.05) is 24.9 Å². The second-order valence-electron chi connectivity index (χ2n) is 7.99. The summed E-state index contributed by atoms with van der Waals surface area (Å²) in [6.45, 7) is 6.64. The molecule has 0 saturated heterocycles. The van der Waals surface area contributed by atoms with E-state index < -0.39 is 12.1 Å². The van der Waals surface area contributed by atoms with Crippen molar-refractivity contribution in [1.82, 2.24) is 4.90 Å². The van der Waals surface area contributed by atoms with E-state index in [1.807, 2.05) is 57.1 Å². The smallest absolute Gasteiger partial charge is 0.303 e. The van der Waals surface area contributed by atoms with Crippen LogP contribution in [0.2, 0.25) is 0 Å². The van der Waals surface area contributed by atoms with Crippen molar-refractivity contribution in [3.63, 3.8) is 0 Å². The fraction of sp³-hybridized carbons (Fsp3) is 0.417. The maximum atomic E-state index is 13.8. The predicted octanol–water partition coefficient (Wildman–Crippen LogP) is 3.99. The zero-order chi connectivity index (χ0) is 22.7. The Kier molecular flexibility index (Phi) is 7.28. The number of anilines is 1. The molecule has 1 aliphatic heterocycles. The van der Waals surface area contributed by atoms with E-state index in [1.54, 1.807) is 23.8 Å². The van der Waals surface area contributed by atoms with Crippen molar-refractivity contribution in [1.29, 1.82) is 0 Å². The fourth-order valence-electron chi connectivity index (χ4n) is 3.65. The van der Waals surface area contributed by atoms with Crippen LogP contribution in [0.4, 0.5) is 5.69 Å². The van der Waals surface area contributed by atoms with E-state index >= 15 is 0 Å². The van der Waals surface area contributed by atoms with E-state index in [0.29, 0.717) is 13.1 Å². The number of rotatable bonds is 6. The molecule has 0 saturated carbocycles. The van der Waals surface area contributed by atoms with E-state index in [-0.39, 0.29) is 11.2 Å². The number of esters is 1. The molecule has 0 aromatic heterocycles. The van der Waals surface area contributed by atoms with Crippen LogP contribution in [-0.2, 0) is 14.3 Å². The van der Waals surface area contributed by atoms with Gasteiger partial charge in [-0.05, 0) is 62.8 Å². The third kappa shape index (κ3) is 5.05. The molecule has 3 rings (SSSR count). The molecule has 1 aliphatic rings. The number of aryl methyl sites for hydroxylation is 1. The van der Waals surface area contributed by atoms with E-state index in [9.17, 15) is 9.59 Å². The molecule has 0 radical (unpaired) electrons. The van der Waals surface area contributed by atoms with Crippen molar-refractivity contribution in [2.45, 2.75) is 37.0 Å². The lowest BCUT2D eigenvalue weighted by molar-refractivity contribution is -0.152. The monoisotopic (exact) mass is 442 g/mol. The van der Waals surface area contributed by atoms with Crippen molar-refractivity contribution in [2.75, 3.05) is 39.2 Å². The van der Waals surface area contributed by atoms with Crippen LogP contribution >= 0.6 is 11.8 Å². The van der Waals surface area contributed by atoms with Crippen LogP contribution in [0, 0.1) is 13.8 Å². The molecule has 2 aromatic rings. The molecule has 2 atom stereocenters. The molecular formula is C24H30N2O4S. The van der Waals surface area contributed by atoms with E-state index in [2.05, 4.69) is 12.1 Å². The van der Waals surface area contributed by atoms with Crippen LogP contribution in [0.1, 0.15) is 28.9 Å². The summed E-state index contributed by atoms with van der Waals surface area (Å²) in [4.78, 5) is 30.6. The Bertz CT molecular complexity index is 959. The lowest BCUT2D eigenvalue weighted by Gasteiger charge is -2.29. The number of ether oxygens (including phenoxy) is 2. The summed E-state index contributed by atoms with van der Waals surface area (Å²) in [6, 6.07) is 11.7. The summed E-state index contributed by atoms with van der Waals surface area (Å²) in [7, 11) is 5.57. The summed E-state index contributed by atoms with van der Waals surface area (Å²) in [6.07, 6.45) is -0.926. The van der Waals surface area contributed by atoms with Gasteiger partial charge in [-0.3, -0.25) is 9.59 Å².